The normalized spacial score (nSPS) is 11.3. The molecule has 0 fully saturated rings. The molecule has 1 amide bonds. The van der Waals surface area contributed by atoms with Crippen molar-refractivity contribution in [2.75, 3.05) is 11.9 Å². The van der Waals surface area contributed by atoms with Crippen LogP contribution in [0.15, 0.2) is 47.4 Å². The number of carbonyl (C=O) groups excluding carboxylic acids is 1. The van der Waals surface area contributed by atoms with Gasteiger partial charge in [0.15, 0.2) is 0 Å². The highest BCUT2D eigenvalue weighted by Gasteiger charge is 2.18. The molecule has 2 N–H and O–H groups in total. The highest BCUT2D eigenvalue weighted by Crippen LogP contribution is 2.15. The summed E-state index contributed by atoms with van der Waals surface area (Å²) in [6.45, 7) is 0.951. The minimum Gasteiger partial charge on any atom is -0.325 e. The number of nitrogens with one attached hydrogen (secondary N) is 2. The van der Waals surface area contributed by atoms with Gasteiger partial charge in [0.25, 0.3) is 0 Å². The van der Waals surface area contributed by atoms with Crippen molar-refractivity contribution in [2.24, 2.45) is 0 Å². The largest absolute Gasteiger partial charge is 0.325 e. The van der Waals surface area contributed by atoms with E-state index in [0.29, 0.717) is 5.69 Å². The third-order valence-corrected chi connectivity index (χ3v) is 4.54. The van der Waals surface area contributed by atoms with E-state index in [-0.39, 0.29) is 10.5 Å². The third-order valence-electron chi connectivity index (χ3n) is 2.98. The lowest BCUT2D eigenvalue weighted by Crippen LogP contribution is -2.33. The number of aryl methyl sites for hydroxylation is 1. The summed E-state index contributed by atoms with van der Waals surface area (Å²) in [4.78, 5) is 11.6. The topological polar surface area (TPSA) is 75.3 Å². The first-order valence-corrected chi connectivity index (χ1v) is 8.07. The van der Waals surface area contributed by atoms with Crippen LogP contribution < -0.4 is 10.0 Å². The Hall–Kier alpha value is -2.32. The molecule has 0 unspecified atom stereocenters. The number of benzene rings is 2. The van der Waals surface area contributed by atoms with Gasteiger partial charge in [-0.25, -0.2) is 21.9 Å². The van der Waals surface area contributed by atoms with Crippen LogP contribution in [0.3, 0.4) is 0 Å². The van der Waals surface area contributed by atoms with Crippen LogP contribution in [-0.4, -0.2) is 20.9 Å². The van der Waals surface area contributed by atoms with Gasteiger partial charge < -0.3 is 5.32 Å². The van der Waals surface area contributed by atoms with Gasteiger partial charge in [-0.3, -0.25) is 4.79 Å². The van der Waals surface area contributed by atoms with Crippen molar-refractivity contribution >= 4 is 21.6 Å². The molecule has 0 radical (unpaired) electrons. The maximum atomic E-state index is 13.0. The van der Waals surface area contributed by atoms with E-state index in [4.69, 9.17) is 0 Å². The molecule has 0 aliphatic heterocycles. The molecule has 0 spiro atoms. The van der Waals surface area contributed by atoms with E-state index < -0.39 is 34.1 Å². The smallest absolute Gasteiger partial charge is 0.241 e. The van der Waals surface area contributed by atoms with Gasteiger partial charge in [0, 0.05) is 5.69 Å². The van der Waals surface area contributed by atoms with Gasteiger partial charge in [-0.1, -0.05) is 0 Å². The molecule has 0 aromatic heterocycles. The molecule has 0 bridgehead atoms. The Kier molecular flexibility index (Phi) is 5.07. The third kappa shape index (κ3) is 4.57. The van der Waals surface area contributed by atoms with Crippen LogP contribution in [0.1, 0.15) is 5.56 Å². The molecule has 5 nitrogen and oxygen atoms in total. The van der Waals surface area contributed by atoms with E-state index in [1.54, 1.807) is 0 Å². The molecular weight excluding hydrogens is 326 g/mol. The molecule has 0 saturated heterocycles. The fraction of sp³-hybridized carbons (Fsp3) is 0.133. The quantitative estimate of drug-likeness (QED) is 0.876. The molecule has 0 aliphatic carbocycles. The van der Waals surface area contributed by atoms with Crippen LogP contribution in [0.5, 0.6) is 0 Å². The summed E-state index contributed by atoms with van der Waals surface area (Å²) in [6.07, 6.45) is 0. The highest BCUT2D eigenvalue weighted by atomic mass is 32.2. The summed E-state index contributed by atoms with van der Waals surface area (Å²) >= 11 is 0. The summed E-state index contributed by atoms with van der Waals surface area (Å²) in [7, 11) is -3.94. The summed E-state index contributed by atoms with van der Waals surface area (Å²) in [5.41, 5.74) is 0.574. The number of sulfonamides is 1. The standard InChI is InChI=1S/C15H14F2N2O3S/c1-10-8-12(17)4-7-14(10)23(21,22)18-9-15(20)19-13-5-2-11(16)3-6-13/h2-8,18H,9H2,1H3,(H,19,20). The first kappa shape index (κ1) is 17.0. The molecule has 0 saturated carbocycles. The minimum atomic E-state index is -3.94. The second-order valence-electron chi connectivity index (χ2n) is 4.79. The number of rotatable bonds is 5. The zero-order valence-corrected chi connectivity index (χ0v) is 13.0. The molecule has 23 heavy (non-hydrogen) atoms. The molecular formula is C15H14F2N2O3S. The predicted molar refractivity (Wildman–Crippen MR) is 81.4 cm³/mol. The number of hydrogen-bond acceptors (Lipinski definition) is 3. The average Bonchev–Trinajstić information content (AvgIpc) is 2.47. The van der Waals surface area contributed by atoms with E-state index in [0.717, 1.165) is 18.2 Å². The van der Waals surface area contributed by atoms with Crippen molar-refractivity contribution in [3.8, 4) is 0 Å². The minimum absolute atomic E-state index is 0.103. The number of carbonyl (C=O) groups is 1. The molecule has 0 heterocycles. The van der Waals surface area contributed by atoms with Crippen molar-refractivity contribution in [3.63, 3.8) is 0 Å². The fourth-order valence-electron chi connectivity index (χ4n) is 1.89. The van der Waals surface area contributed by atoms with Gasteiger partial charge in [0.05, 0.1) is 11.4 Å². The number of halogens is 2. The second kappa shape index (κ2) is 6.84. The Labute approximate surface area is 132 Å². The first-order valence-electron chi connectivity index (χ1n) is 6.59. The molecule has 0 aliphatic rings. The van der Waals surface area contributed by atoms with E-state index in [2.05, 4.69) is 10.0 Å². The van der Waals surface area contributed by atoms with Crippen LogP contribution in [-0.2, 0) is 14.8 Å². The van der Waals surface area contributed by atoms with Crippen LogP contribution in [0.4, 0.5) is 14.5 Å². The summed E-state index contributed by atoms with van der Waals surface area (Å²) in [5.74, 6) is -1.61. The fourth-order valence-corrected chi connectivity index (χ4v) is 3.10. The molecule has 2 aromatic carbocycles. The molecule has 2 rings (SSSR count). The first-order chi connectivity index (χ1) is 10.8. The maximum absolute atomic E-state index is 13.0. The summed E-state index contributed by atoms with van der Waals surface area (Å²) in [6, 6.07) is 8.29. The summed E-state index contributed by atoms with van der Waals surface area (Å²) in [5, 5.41) is 2.42. The van der Waals surface area contributed by atoms with Gasteiger partial charge >= 0.3 is 0 Å². The van der Waals surface area contributed by atoms with Crippen LogP contribution in [0, 0.1) is 18.6 Å². The Morgan fingerprint density at radius 3 is 2.26 bits per heavy atom. The number of hydrogen-bond donors (Lipinski definition) is 2. The van der Waals surface area contributed by atoms with Crippen molar-refractivity contribution in [3.05, 3.63) is 59.7 Å². The highest BCUT2D eigenvalue weighted by molar-refractivity contribution is 7.89. The lowest BCUT2D eigenvalue weighted by molar-refractivity contribution is -0.115. The number of anilines is 1. The van der Waals surface area contributed by atoms with Gasteiger partial charge in [-0.15, -0.1) is 0 Å². The predicted octanol–water partition coefficient (Wildman–Crippen LogP) is 2.19. The van der Waals surface area contributed by atoms with Gasteiger partial charge in [-0.2, -0.15) is 0 Å². The summed E-state index contributed by atoms with van der Waals surface area (Å²) < 4.78 is 52.1. The zero-order chi connectivity index (χ0) is 17.0. The zero-order valence-electron chi connectivity index (χ0n) is 12.1. The Morgan fingerprint density at radius 1 is 1.04 bits per heavy atom. The van der Waals surface area contributed by atoms with E-state index in [1.807, 2.05) is 0 Å². The van der Waals surface area contributed by atoms with Crippen LogP contribution in [0.25, 0.3) is 0 Å². The lowest BCUT2D eigenvalue weighted by Gasteiger charge is -2.10. The van der Waals surface area contributed by atoms with Crippen molar-refractivity contribution in [1.82, 2.24) is 4.72 Å². The molecule has 8 heteroatoms. The second-order valence-corrected chi connectivity index (χ2v) is 6.52. The van der Waals surface area contributed by atoms with Crippen molar-refractivity contribution < 1.29 is 22.0 Å². The van der Waals surface area contributed by atoms with Gasteiger partial charge in [-0.05, 0) is 55.0 Å². The van der Waals surface area contributed by atoms with Crippen LogP contribution in [0.2, 0.25) is 0 Å². The molecule has 0 atom stereocenters. The van der Waals surface area contributed by atoms with E-state index in [1.165, 1.54) is 31.2 Å². The lowest BCUT2D eigenvalue weighted by atomic mass is 10.2. The number of amides is 1. The average molecular weight is 340 g/mol. The van der Waals surface area contributed by atoms with Crippen molar-refractivity contribution in [2.45, 2.75) is 11.8 Å². The molecule has 2 aromatic rings. The monoisotopic (exact) mass is 340 g/mol. The van der Waals surface area contributed by atoms with E-state index in [9.17, 15) is 22.0 Å². The Morgan fingerprint density at radius 2 is 1.65 bits per heavy atom. The van der Waals surface area contributed by atoms with Gasteiger partial charge in [0.1, 0.15) is 11.6 Å². The van der Waals surface area contributed by atoms with Crippen LogP contribution >= 0.6 is 0 Å². The molecule has 122 valence electrons. The Balaban J connectivity index is 2.01. The van der Waals surface area contributed by atoms with Gasteiger partial charge in [0.2, 0.25) is 15.9 Å². The van der Waals surface area contributed by atoms with Crippen molar-refractivity contribution in [1.29, 1.82) is 0 Å². The Bertz CT molecular complexity index is 821. The SMILES string of the molecule is Cc1cc(F)ccc1S(=O)(=O)NCC(=O)Nc1ccc(F)cc1. The maximum Gasteiger partial charge on any atom is 0.241 e. The van der Waals surface area contributed by atoms with E-state index >= 15 is 0 Å².